The third-order valence-corrected chi connectivity index (χ3v) is 5.12. The van der Waals surface area contributed by atoms with Crippen molar-refractivity contribution in [2.75, 3.05) is 18.4 Å². The van der Waals surface area contributed by atoms with Gasteiger partial charge in [0.15, 0.2) is 5.13 Å². The number of rotatable bonds is 3. The second-order valence-electron chi connectivity index (χ2n) is 5.20. The molecule has 1 aliphatic rings. The Hall–Kier alpha value is -1.14. The van der Waals surface area contributed by atoms with Crippen molar-refractivity contribution in [2.24, 2.45) is 0 Å². The number of amides is 1. The minimum atomic E-state index is -0.254. The maximum absolute atomic E-state index is 12.2. The lowest BCUT2D eigenvalue weighted by molar-refractivity contribution is 0.102. The summed E-state index contributed by atoms with van der Waals surface area (Å²) in [5.41, 5.74) is 0.427. The molecule has 2 aromatic rings. The molecular weight excluding hydrogens is 341 g/mol. The van der Waals surface area contributed by atoms with Crippen molar-refractivity contribution in [2.45, 2.75) is 18.8 Å². The summed E-state index contributed by atoms with van der Waals surface area (Å²) >= 11 is 13.4. The van der Waals surface area contributed by atoms with Crippen LogP contribution >= 0.6 is 34.5 Å². The molecule has 4 nitrogen and oxygen atoms in total. The number of carbonyl (C=O) groups excluding carboxylic acids is 1. The van der Waals surface area contributed by atoms with E-state index >= 15 is 0 Å². The molecule has 1 fully saturated rings. The molecule has 0 aliphatic carbocycles. The predicted octanol–water partition coefficient (Wildman–Crippen LogP) is 4.17. The van der Waals surface area contributed by atoms with Gasteiger partial charge in [0.2, 0.25) is 0 Å². The van der Waals surface area contributed by atoms with Crippen LogP contribution in [0.3, 0.4) is 0 Å². The quantitative estimate of drug-likeness (QED) is 0.868. The first-order valence-electron chi connectivity index (χ1n) is 7.06. The fourth-order valence-corrected chi connectivity index (χ4v) is 4.00. The Labute approximate surface area is 142 Å². The summed E-state index contributed by atoms with van der Waals surface area (Å²) in [6.07, 6.45) is 4.08. The molecule has 0 unspecified atom stereocenters. The van der Waals surface area contributed by atoms with E-state index in [1.807, 2.05) is 6.20 Å². The van der Waals surface area contributed by atoms with Crippen molar-refractivity contribution in [3.8, 4) is 0 Å². The molecule has 0 saturated carbocycles. The van der Waals surface area contributed by atoms with Gasteiger partial charge in [0.1, 0.15) is 0 Å². The van der Waals surface area contributed by atoms with Gasteiger partial charge in [-0.2, -0.15) is 0 Å². The minimum Gasteiger partial charge on any atom is -0.317 e. The molecule has 1 saturated heterocycles. The average Bonchev–Trinajstić information content (AvgIpc) is 2.95. The number of hydrogen-bond donors (Lipinski definition) is 2. The Morgan fingerprint density at radius 3 is 2.59 bits per heavy atom. The van der Waals surface area contributed by atoms with E-state index in [-0.39, 0.29) is 5.91 Å². The molecule has 2 heterocycles. The second kappa shape index (κ2) is 6.96. The predicted molar refractivity (Wildman–Crippen MR) is 91.4 cm³/mol. The summed E-state index contributed by atoms with van der Waals surface area (Å²) in [5, 5.41) is 7.63. The largest absolute Gasteiger partial charge is 0.317 e. The molecule has 0 atom stereocenters. The van der Waals surface area contributed by atoms with Gasteiger partial charge in [-0.3, -0.25) is 10.1 Å². The van der Waals surface area contributed by atoms with E-state index in [9.17, 15) is 4.79 Å². The number of benzene rings is 1. The number of anilines is 1. The van der Waals surface area contributed by atoms with Crippen LogP contribution < -0.4 is 10.6 Å². The Balaban J connectivity index is 1.70. The molecule has 1 aromatic heterocycles. The normalized spacial score (nSPS) is 15.7. The maximum Gasteiger partial charge on any atom is 0.257 e. The van der Waals surface area contributed by atoms with Crippen LogP contribution in [0.5, 0.6) is 0 Å². The smallest absolute Gasteiger partial charge is 0.257 e. The molecule has 0 radical (unpaired) electrons. The minimum absolute atomic E-state index is 0.254. The highest BCUT2D eigenvalue weighted by Crippen LogP contribution is 2.32. The first-order valence-corrected chi connectivity index (χ1v) is 8.63. The van der Waals surface area contributed by atoms with Crippen molar-refractivity contribution in [1.29, 1.82) is 0 Å². The van der Waals surface area contributed by atoms with E-state index in [2.05, 4.69) is 15.6 Å². The Bertz CT molecular complexity index is 663. The molecule has 3 rings (SSSR count). The highest BCUT2D eigenvalue weighted by Gasteiger charge is 2.18. The van der Waals surface area contributed by atoms with Gasteiger partial charge in [-0.05, 0) is 50.0 Å². The highest BCUT2D eigenvalue weighted by molar-refractivity contribution is 7.15. The summed E-state index contributed by atoms with van der Waals surface area (Å²) in [6, 6.07) is 4.77. The van der Waals surface area contributed by atoms with Crippen LogP contribution in [0.25, 0.3) is 0 Å². The lowest BCUT2D eigenvalue weighted by Gasteiger charge is -2.20. The lowest BCUT2D eigenvalue weighted by Crippen LogP contribution is -2.26. The molecule has 1 aromatic carbocycles. The van der Waals surface area contributed by atoms with Crippen molar-refractivity contribution in [3.05, 3.63) is 44.9 Å². The molecule has 0 spiro atoms. The van der Waals surface area contributed by atoms with Crippen LogP contribution in [0.15, 0.2) is 24.4 Å². The van der Waals surface area contributed by atoms with E-state index < -0.39 is 0 Å². The Morgan fingerprint density at radius 2 is 1.91 bits per heavy atom. The molecule has 2 N–H and O–H groups in total. The fraction of sp³-hybridized carbons (Fsp3) is 0.333. The van der Waals surface area contributed by atoms with Crippen molar-refractivity contribution >= 4 is 45.6 Å². The summed E-state index contributed by atoms with van der Waals surface area (Å²) < 4.78 is 0. The first-order chi connectivity index (χ1) is 10.6. The average molecular weight is 356 g/mol. The number of piperidine rings is 1. The molecular formula is C15H15Cl2N3OS. The topological polar surface area (TPSA) is 54.0 Å². The standard InChI is InChI=1S/C15H15Cl2N3OS/c16-11-5-10(6-12(17)7-11)14(21)20-15-19-8-13(22-15)9-1-3-18-4-2-9/h5-9,18H,1-4H2,(H,19,20,21). The SMILES string of the molecule is O=C(Nc1ncc(C2CCNCC2)s1)c1cc(Cl)cc(Cl)c1. The molecule has 22 heavy (non-hydrogen) atoms. The van der Waals surface area contributed by atoms with Crippen LogP contribution in [0.1, 0.15) is 34.0 Å². The third kappa shape index (κ3) is 3.79. The highest BCUT2D eigenvalue weighted by atomic mass is 35.5. The van der Waals surface area contributed by atoms with Gasteiger partial charge in [-0.1, -0.05) is 23.2 Å². The van der Waals surface area contributed by atoms with E-state index in [0.29, 0.717) is 26.7 Å². The molecule has 1 aliphatic heterocycles. The van der Waals surface area contributed by atoms with E-state index in [4.69, 9.17) is 23.2 Å². The summed E-state index contributed by atoms with van der Waals surface area (Å²) in [5.74, 6) is 0.278. The molecule has 116 valence electrons. The van der Waals surface area contributed by atoms with Gasteiger partial charge in [0.05, 0.1) is 0 Å². The number of halogens is 2. The number of carbonyl (C=O) groups is 1. The Morgan fingerprint density at radius 1 is 1.23 bits per heavy atom. The van der Waals surface area contributed by atoms with Crippen LogP contribution in [0.4, 0.5) is 5.13 Å². The van der Waals surface area contributed by atoms with Crippen LogP contribution in [-0.4, -0.2) is 24.0 Å². The number of hydrogen-bond acceptors (Lipinski definition) is 4. The third-order valence-electron chi connectivity index (χ3n) is 3.61. The lowest BCUT2D eigenvalue weighted by atomic mass is 9.97. The van der Waals surface area contributed by atoms with Crippen molar-refractivity contribution < 1.29 is 4.79 Å². The number of aromatic nitrogens is 1. The number of nitrogens with one attached hydrogen (secondary N) is 2. The van der Waals surface area contributed by atoms with Crippen LogP contribution in [0, 0.1) is 0 Å². The monoisotopic (exact) mass is 355 g/mol. The van der Waals surface area contributed by atoms with Gasteiger partial charge in [0, 0.05) is 26.7 Å². The summed E-state index contributed by atoms with van der Waals surface area (Å²) in [6.45, 7) is 2.07. The van der Waals surface area contributed by atoms with E-state index in [0.717, 1.165) is 25.9 Å². The number of nitrogens with zero attached hydrogens (tertiary/aromatic N) is 1. The molecule has 1 amide bonds. The Kier molecular flexibility index (Phi) is 4.98. The van der Waals surface area contributed by atoms with Gasteiger partial charge in [-0.15, -0.1) is 11.3 Å². The first kappa shape index (κ1) is 15.7. The zero-order chi connectivity index (χ0) is 15.5. The fourth-order valence-electron chi connectivity index (χ4n) is 2.49. The zero-order valence-electron chi connectivity index (χ0n) is 11.7. The summed E-state index contributed by atoms with van der Waals surface area (Å²) in [4.78, 5) is 17.8. The second-order valence-corrected chi connectivity index (χ2v) is 7.14. The zero-order valence-corrected chi connectivity index (χ0v) is 14.1. The maximum atomic E-state index is 12.2. The van der Waals surface area contributed by atoms with E-state index in [1.54, 1.807) is 18.2 Å². The van der Waals surface area contributed by atoms with Crippen molar-refractivity contribution in [1.82, 2.24) is 10.3 Å². The van der Waals surface area contributed by atoms with Crippen LogP contribution in [-0.2, 0) is 0 Å². The van der Waals surface area contributed by atoms with Crippen LogP contribution in [0.2, 0.25) is 10.0 Å². The van der Waals surface area contributed by atoms with Gasteiger partial charge in [0.25, 0.3) is 5.91 Å². The summed E-state index contributed by atoms with van der Waals surface area (Å²) in [7, 11) is 0. The van der Waals surface area contributed by atoms with Gasteiger partial charge >= 0.3 is 0 Å². The van der Waals surface area contributed by atoms with Crippen molar-refractivity contribution in [3.63, 3.8) is 0 Å². The van der Waals surface area contributed by atoms with Gasteiger partial charge < -0.3 is 5.32 Å². The van der Waals surface area contributed by atoms with E-state index in [1.165, 1.54) is 16.2 Å². The molecule has 7 heteroatoms. The number of thiazole rings is 1. The van der Waals surface area contributed by atoms with Gasteiger partial charge in [-0.25, -0.2) is 4.98 Å². The molecule has 0 bridgehead atoms.